The molecule has 1 atom stereocenters. The molecule has 1 aliphatic rings. The molecule has 0 saturated heterocycles. The maximum Gasteiger partial charge on any atom is 0.257 e. The first-order valence-corrected chi connectivity index (χ1v) is 8.87. The van der Waals surface area contributed by atoms with Crippen LogP contribution in [0.15, 0.2) is 46.9 Å². The van der Waals surface area contributed by atoms with Crippen LogP contribution in [-0.2, 0) is 11.2 Å². The average Bonchev–Trinajstić information content (AvgIpc) is 2.59. The Morgan fingerprint density at radius 2 is 2.08 bits per heavy atom. The van der Waals surface area contributed by atoms with Crippen molar-refractivity contribution in [3.63, 3.8) is 0 Å². The largest absolute Gasteiger partial charge is 0.310 e. The summed E-state index contributed by atoms with van der Waals surface area (Å²) in [5.41, 5.74) is 2.52. The van der Waals surface area contributed by atoms with Crippen LogP contribution in [0, 0.1) is 0 Å². The number of carbonyl (C=O) groups excluding carboxylic acids is 1. The molecule has 0 bridgehead atoms. The Bertz CT molecular complexity index is 827. The van der Waals surface area contributed by atoms with Gasteiger partial charge in [0.1, 0.15) is 5.82 Å². The summed E-state index contributed by atoms with van der Waals surface area (Å²) in [5.74, 6) is 0.614. The normalized spacial score (nSPS) is 16.4. The molecule has 6 heteroatoms. The van der Waals surface area contributed by atoms with Crippen LogP contribution >= 0.6 is 11.8 Å². The van der Waals surface area contributed by atoms with Gasteiger partial charge in [-0.2, -0.15) is 0 Å². The number of aryl methyl sites for hydroxylation is 1. The van der Waals surface area contributed by atoms with Gasteiger partial charge < -0.3 is 10.3 Å². The Morgan fingerprint density at radius 3 is 2.75 bits per heavy atom. The Morgan fingerprint density at radius 1 is 1.33 bits per heavy atom. The van der Waals surface area contributed by atoms with Gasteiger partial charge in [-0.3, -0.25) is 9.59 Å². The molecule has 3 rings (SSSR count). The Balaban J connectivity index is 2.03. The van der Waals surface area contributed by atoms with Gasteiger partial charge in [-0.15, -0.1) is 6.58 Å². The standard InChI is InChI=1S/C18H19N3O2S/c1-3-9-24-18-20-16-15(17(23)21-18)13(10-14(22)19-16)12-7-5-11(4-2)6-8-12/h3,5-8,13H,1,4,9-10H2,2H3,(H2,19,20,21,22,23). The Hall–Kier alpha value is -2.34. The predicted molar refractivity (Wildman–Crippen MR) is 96.7 cm³/mol. The van der Waals surface area contributed by atoms with Crippen LogP contribution in [0.2, 0.25) is 0 Å². The van der Waals surface area contributed by atoms with Gasteiger partial charge in [0.25, 0.3) is 5.56 Å². The van der Waals surface area contributed by atoms with E-state index in [0.717, 1.165) is 12.0 Å². The molecule has 1 aliphatic heterocycles. The highest BCUT2D eigenvalue weighted by molar-refractivity contribution is 7.99. The van der Waals surface area contributed by atoms with E-state index in [1.807, 2.05) is 24.3 Å². The quantitative estimate of drug-likeness (QED) is 0.498. The zero-order valence-electron chi connectivity index (χ0n) is 13.5. The predicted octanol–water partition coefficient (Wildman–Crippen LogP) is 3.08. The molecule has 1 amide bonds. The highest BCUT2D eigenvalue weighted by atomic mass is 32.2. The highest BCUT2D eigenvalue weighted by Gasteiger charge is 2.30. The summed E-state index contributed by atoms with van der Waals surface area (Å²) in [6.45, 7) is 5.75. The first kappa shape index (κ1) is 16.5. The van der Waals surface area contributed by atoms with Crippen molar-refractivity contribution in [2.24, 2.45) is 0 Å². The van der Waals surface area contributed by atoms with Crippen LogP contribution in [0.1, 0.15) is 36.0 Å². The maximum absolute atomic E-state index is 12.6. The van der Waals surface area contributed by atoms with Crippen molar-refractivity contribution in [1.82, 2.24) is 9.97 Å². The Labute approximate surface area is 144 Å². The molecule has 0 spiro atoms. The number of aromatic amines is 1. The van der Waals surface area contributed by atoms with Crippen molar-refractivity contribution in [2.45, 2.75) is 30.8 Å². The summed E-state index contributed by atoms with van der Waals surface area (Å²) in [4.78, 5) is 31.9. The zero-order valence-corrected chi connectivity index (χ0v) is 14.3. The van der Waals surface area contributed by atoms with E-state index in [1.54, 1.807) is 6.08 Å². The van der Waals surface area contributed by atoms with Crippen LogP contribution < -0.4 is 10.9 Å². The number of nitrogens with one attached hydrogen (secondary N) is 2. The van der Waals surface area contributed by atoms with E-state index in [1.165, 1.54) is 17.3 Å². The van der Waals surface area contributed by atoms with Gasteiger partial charge in [0.15, 0.2) is 5.16 Å². The summed E-state index contributed by atoms with van der Waals surface area (Å²) in [5, 5.41) is 3.22. The first-order chi connectivity index (χ1) is 11.6. The zero-order chi connectivity index (χ0) is 17.1. The van der Waals surface area contributed by atoms with Crippen molar-refractivity contribution < 1.29 is 4.79 Å². The third-order valence-electron chi connectivity index (χ3n) is 4.06. The minimum atomic E-state index is -0.269. The van der Waals surface area contributed by atoms with Gasteiger partial charge in [0.05, 0.1) is 5.56 Å². The first-order valence-electron chi connectivity index (χ1n) is 7.89. The molecule has 2 N–H and O–H groups in total. The number of carbonyl (C=O) groups is 1. The fourth-order valence-electron chi connectivity index (χ4n) is 2.83. The van der Waals surface area contributed by atoms with Crippen LogP contribution in [0.4, 0.5) is 5.82 Å². The summed E-state index contributed by atoms with van der Waals surface area (Å²) in [7, 11) is 0. The lowest BCUT2D eigenvalue weighted by Crippen LogP contribution is -2.31. The monoisotopic (exact) mass is 341 g/mol. The number of hydrogen-bond donors (Lipinski definition) is 2. The number of H-pyrrole nitrogens is 1. The fraction of sp³-hybridized carbons (Fsp3) is 0.278. The molecule has 5 nitrogen and oxygen atoms in total. The molecule has 1 aromatic carbocycles. The van der Waals surface area contributed by atoms with Crippen LogP contribution in [-0.4, -0.2) is 21.6 Å². The SMILES string of the molecule is C=CCSc1nc2c(c(=O)[nH]1)C(c1ccc(CC)cc1)CC(=O)N2. The minimum absolute atomic E-state index is 0.121. The lowest BCUT2D eigenvalue weighted by Gasteiger charge is -2.24. The number of rotatable bonds is 5. The van der Waals surface area contributed by atoms with E-state index < -0.39 is 0 Å². The second-order valence-corrected chi connectivity index (χ2v) is 6.64. The molecule has 0 saturated carbocycles. The van der Waals surface area contributed by atoms with Crippen molar-refractivity contribution >= 4 is 23.5 Å². The average molecular weight is 341 g/mol. The molecular formula is C18H19N3O2S. The van der Waals surface area contributed by atoms with Crippen molar-refractivity contribution in [1.29, 1.82) is 0 Å². The van der Waals surface area contributed by atoms with Crippen molar-refractivity contribution in [2.75, 3.05) is 11.1 Å². The van der Waals surface area contributed by atoms with Gasteiger partial charge >= 0.3 is 0 Å². The third-order valence-corrected chi connectivity index (χ3v) is 4.93. The molecule has 124 valence electrons. The van der Waals surface area contributed by atoms with E-state index in [2.05, 4.69) is 28.8 Å². The van der Waals surface area contributed by atoms with Gasteiger partial charge in [-0.25, -0.2) is 4.98 Å². The number of nitrogens with zero attached hydrogens (tertiary/aromatic N) is 1. The number of thioether (sulfide) groups is 1. The molecule has 2 aromatic rings. The number of hydrogen-bond acceptors (Lipinski definition) is 4. The summed E-state index contributed by atoms with van der Waals surface area (Å²) in [6.07, 6.45) is 2.94. The molecule has 2 heterocycles. The highest BCUT2D eigenvalue weighted by Crippen LogP contribution is 2.34. The fourth-order valence-corrected chi connectivity index (χ4v) is 3.42. The van der Waals surface area contributed by atoms with Crippen molar-refractivity contribution in [3.05, 3.63) is 64.0 Å². The number of benzene rings is 1. The molecule has 1 unspecified atom stereocenters. The number of fused-ring (bicyclic) bond motifs is 1. The van der Waals surface area contributed by atoms with E-state index in [-0.39, 0.29) is 23.8 Å². The molecule has 24 heavy (non-hydrogen) atoms. The van der Waals surface area contributed by atoms with Gasteiger partial charge in [0, 0.05) is 18.1 Å². The summed E-state index contributed by atoms with van der Waals surface area (Å²) in [6, 6.07) is 8.06. The van der Waals surface area contributed by atoms with Crippen molar-refractivity contribution in [3.8, 4) is 0 Å². The van der Waals surface area contributed by atoms with Crippen LogP contribution in [0.5, 0.6) is 0 Å². The van der Waals surface area contributed by atoms with E-state index >= 15 is 0 Å². The lowest BCUT2D eigenvalue weighted by molar-refractivity contribution is -0.116. The molecule has 0 aliphatic carbocycles. The number of amides is 1. The second kappa shape index (κ2) is 7.05. The molecule has 0 radical (unpaired) electrons. The van der Waals surface area contributed by atoms with Gasteiger partial charge in [-0.05, 0) is 17.5 Å². The van der Waals surface area contributed by atoms with Gasteiger partial charge in [-0.1, -0.05) is 49.0 Å². The van der Waals surface area contributed by atoms with E-state index in [0.29, 0.717) is 22.3 Å². The maximum atomic E-state index is 12.6. The number of aromatic nitrogens is 2. The molecular weight excluding hydrogens is 322 g/mol. The van der Waals surface area contributed by atoms with Crippen LogP contribution in [0.3, 0.4) is 0 Å². The third kappa shape index (κ3) is 3.28. The second-order valence-electron chi connectivity index (χ2n) is 5.63. The van der Waals surface area contributed by atoms with Gasteiger partial charge in [0.2, 0.25) is 5.91 Å². The minimum Gasteiger partial charge on any atom is -0.310 e. The number of anilines is 1. The van der Waals surface area contributed by atoms with E-state index in [4.69, 9.17) is 0 Å². The topological polar surface area (TPSA) is 74.8 Å². The summed E-state index contributed by atoms with van der Waals surface area (Å²) >= 11 is 1.37. The Kier molecular flexibility index (Phi) is 4.85. The smallest absolute Gasteiger partial charge is 0.257 e. The lowest BCUT2D eigenvalue weighted by atomic mass is 9.86. The summed E-state index contributed by atoms with van der Waals surface area (Å²) < 4.78 is 0. The van der Waals surface area contributed by atoms with Crippen LogP contribution in [0.25, 0.3) is 0 Å². The van der Waals surface area contributed by atoms with E-state index in [9.17, 15) is 9.59 Å². The molecule has 0 fully saturated rings. The molecule has 1 aromatic heterocycles.